The Morgan fingerprint density at radius 1 is 0.262 bits per heavy atom. The van der Waals surface area contributed by atoms with E-state index >= 15 is 0 Å². The molecule has 6 atom stereocenters. The molecule has 19 heteroatoms. The van der Waals surface area contributed by atoms with E-state index < -0.39 is 97.5 Å². The number of hydrogen-bond acceptors (Lipinski definition) is 15. The van der Waals surface area contributed by atoms with E-state index in [4.69, 9.17) is 37.0 Å². The van der Waals surface area contributed by atoms with Gasteiger partial charge in [0.1, 0.15) is 19.3 Å². The smallest absolute Gasteiger partial charge is 0.462 e. The molecule has 0 radical (unpaired) electrons. The van der Waals surface area contributed by atoms with E-state index in [1.54, 1.807) is 0 Å². The second kappa shape index (κ2) is 80.7. The molecule has 0 heterocycles. The van der Waals surface area contributed by atoms with Crippen molar-refractivity contribution < 1.29 is 80.2 Å². The Bertz CT molecular complexity index is 2030. The summed E-state index contributed by atoms with van der Waals surface area (Å²) in [4.78, 5) is 73.3. The molecule has 0 aromatic heterocycles. The summed E-state index contributed by atoms with van der Waals surface area (Å²) in [6.07, 6.45) is 75.2. The lowest BCUT2D eigenvalue weighted by molar-refractivity contribution is -0.161. The zero-order chi connectivity index (χ0) is 78.3. The number of unbranched alkanes of at least 4 members (excludes halogenated alkanes) is 59. The number of carbonyl (C=O) groups excluding carboxylic acids is 4. The van der Waals surface area contributed by atoms with E-state index in [-0.39, 0.29) is 25.7 Å². The third-order valence-electron chi connectivity index (χ3n) is 21.1. The number of aliphatic hydroxyl groups is 1. The SMILES string of the molecule is CCCCCCCCCCCCCCCCCCCCCCCCC(=O)O[C@H](COC(=O)CCCCCCCCCCCCCCCCCCCCC)COP(=O)(O)OC[C@@H](O)COP(=O)(O)OC[C@@H](COC(=O)CCCCCCCCC(C)CC)OC(=O)CCCCCCCCCCCCCCCCCC. The Kier molecular flexibility index (Phi) is 79.2. The average molecular weight is 1560 g/mol. The fourth-order valence-electron chi connectivity index (χ4n) is 13.8. The van der Waals surface area contributed by atoms with Crippen molar-refractivity contribution in [1.82, 2.24) is 0 Å². The molecule has 0 aliphatic heterocycles. The Morgan fingerprint density at radius 2 is 0.449 bits per heavy atom. The molecule has 3 N–H and O–H groups in total. The summed E-state index contributed by atoms with van der Waals surface area (Å²) >= 11 is 0. The molecule has 0 fully saturated rings. The van der Waals surface area contributed by atoms with E-state index in [0.717, 1.165) is 102 Å². The minimum Gasteiger partial charge on any atom is -0.462 e. The van der Waals surface area contributed by atoms with Crippen LogP contribution in [-0.2, 0) is 65.4 Å². The van der Waals surface area contributed by atoms with E-state index in [2.05, 4.69) is 34.6 Å². The van der Waals surface area contributed by atoms with Gasteiger partial charge < -0.3 is 33.8 Å². The maximum absolute atomic E-state index is 13.2. The first kappa shape index (κ1) is 105. The van der Waals surface area contributed by atoms with Crippen LogP contribution in [0.1, 0.15) is 478 Å². The van der Waals surface area contributed by atoms with Gasteiger partial charge in [-0.15, -0.1) is 0 Å². The second-order valence-corrected chi connectivity index (χ2v) is 34.8. The summed E-state index contributed by atoms with van der Waals surface area (Å²) in [7, 11) is -9.93. The number of hydrogen-bond donors (Lipinski definition) is 3. The van der Waals surface area contributed by atoms with Gasteiger partial charge in [-0.1, -0.05) is 426 Å². The number of phosphoric ester groups is 2. The number of rotatable bonds is 88. The molecule has 17 nitrogen and oxygen atoms in total. The normalized spacial score (nSPS) is 14.0. The fourth-order valence-corrected chi connectivity index (χ4v) is 15.4. The molecule has 0 aliphatic rings. The topological polar surface area (TPSA) is 237 Å². The van der Waals surface area contributed by atoms with Gasteiger partial charge in [0.05, 0.1) is 26.4 Å². The molecular weight excluding hydrogens is 1390 g/mol. The fraction of sp³-hybridized carbons (Fsp3) is 0.955. The van der Waals surface area contributed by atoms with Crippen molar-refractivity contribution in [3.05, 3.63) is 0 Å². The molecule has 0 saturated carbocycles. The highest BCUT2D eigenvalue weighted by Gasteiger charge is 2.30. The second-order valence-electron chi connectivity index (χ2n) is 31.9. The summed E-state index contributed by atoms with van der Waals surface area (Å²) in [6.45, 7) is 7.33. The minimum atomic E-state index is -4.97. The van der Waals surface area contributed by atoms with E-state index in [1.807, 2.05) is 0 Å². The monoisotopic (exact) mass is 1560 g/mol. The first-order valence-electron chi connectivity index (χ1n) is 45.7. The van der Waals surface area contributed by atoms with Crippen LogP contribution in [0.3, 0.4) is 0 Å². The predicted octanol–water partition coefficient (Wildman–Crippen LogP) is 27.2. The summed E-state index contributed by atoms with van der Waals surface area (Å²) < 4.78 is 68.9. The van der Waals surface area contributed by atoms with Crippen molar-refractivity contribution >= 4 is 39.5 Å². The van der Waals surface area contributed by atoms with Gasteiger partial charge in [-0.3, -0.25) is 37.3 Å². The Balaban J connectivity index is 5.22. The summed E-state index contributed by atoms with van der Waals surface area (Å²) in [5, 5.41) is 10.7. The number of esters is 4. The number of aliphatic hydroxyl groups excluding tert-OH is 1. The van der Waals surface area contributed by atoms with E-state index in [0.29, 0.717) is 25.7 Å². The van der Waals surface area contributed by atoms with Crippen LogP contribution in [0.5, 0.6) is 0 Å². The third-order valence-corrected chi connectivity index (χ3v) is 23.0. The van der Waals surface area contributed by atoms with Gasteiger partial charge in [-0.05, 0) is 31.6 Å². The highest BCUT2D eigenvalue weighted by Crippen LogP contribution is 2.45. The summed E-state index contributed by atoms with van der Waals surface area (Å²) in [5.74, 6) is -1.37. The van der Waals surface area contributed by atoms with Crippen molar-refractivity contribution in [2.75, 3.05) is 39.6 Å². The molecule has 0 aromatic carbocycles. The van der Waals surface area contributed by atoms with Crippen LogP contribution in [0.15, 0.2) is 0 Å². The summed E-state index contributed by atoms with van der Waals surface area (Å²) in [6, 6.07) is 0. The van der Waals surface area contributed by atoms with Crippen molar-refractivity contribution in [1.29, 1.82) is 0 Å². The average Bonchev–Trinajstić information content (AvgIpc) is 0.927. The highest BCUT2D eigenvalue weighted by atomic mass is 31.2. The van der Waals surface area contributed by atoms with Crippen LogP contribution >= 0.6 is 15.6 Å². The standard InChI is InChI=1S/C88H172O17P2/c1-6-10-13-16-19-22-25-28-31-34-36-37-38-40-42-45-48-51-54-57-64-69-73-87(92)104-83(77-98-85(90)71-66-61-55-52-49-46-44-41-39-35-32-29-26-23-20-17-14-11-7-2)79-102-106(94,95)100-75-82(89)76-101-107(96,97)103-80-84(78-99-86(91)72-67-62-59-58-60-65-70-81(5)9-4)105-88(93)74-68-63-56-53-50-47-43-33-30-27-24-21-18-15-12-8-3/h81-84,89H,6-80H2,1-5H3,(H,94,95)(H,96,97)/t81?,82-,83-,84-/m1/s1. The van der Waals surface area contributed by atoms with Crippen LogP contribution in [-0.4, -0.2) is 96.7 Å². The van der Waals surface area contributed by atoms with Gasteiger partial charge in [0.15, 0.2) is 12.2 Å². The zero-order valence-electron chi connectivity index (χ0n) is 70.3. The van der Waals surface area contributed by atoms with Gasteiger partial charge in [-0.2, -0.15) is 0 Å². The Labute approximate surface area is 658 Å². The molecule has 0 bridgehead atoms. The molecular formula is C88H172O17P2. The first-order chi connectivity index (χ1) is 52.1. The van der Waals surface area contributed by atoms with Crippen molar-refractivity contribution in [3.8, 4) is 0 Å². The molecule has 0 amide bonds. The molecule has 636 valence electrons. The van der Waals surface area contributed by atoms with Crippen LogP contribution in [0.4, 0.5) is 0 Å². The van der Waals surface area contributed by atoms with Crippen molar-refractivity contribution in [2.45, 2.75) is 496 Å². The van der Waals surface area contributed by atoms with Crippen LogP contribution in [0, 0.1) is 5.92 Å². The number of ether oxygens (including phenoxy) is 4. The van der Waals surface area contributed by atoms with Gasteiger partial charge in [0.2, 0.25) is 0 Å². The van der Waals surface area contributed by atoms with Crippen LogP contribution in [0.25, 0.3) is 0 Å². The van der Waals surface area contributed by atoms with E-state index in [9.17, 15) is 43.2 Å². The van der Waals surface area contributed by atoms with Gasteiger partial charge >= 0.3 is 39.5 Å². The first-order valence-corrected chi connectivity index (χ1v) is 48.7. The Hall–Kier alpha value is -1.94. The minimum absolute atomic E-state index is 0.108. The lowest BCUT2D eigenvalue weighted by Gasteiger charge is -2.21. The molecule has 0 spiro atoms. The van der Waals surface area contributed by atoms with E-state index in [1.165, 1.54) is 295 Å². The number of phosphoric acid groups is 2. The van der Waals surface area contributed by atoms with Crippen molar-refractivity contribution in [3.63, 3.8) is 0 Å². The number of carbonyl (C=O) groups is 4. The van der Waals surface area contributed by atoms with Gasteiger partial charge in [-0.25, -0.2) is 9.13 Å². The summed E-state index contributed by atoms with van der Waals surface area (Å²) in [5.41, 5.74) is 0. The highest BCUT2D eigenvalue weighted by molar-refractivity contribution is 7.47. The van der Waals surface area contributed by atoms with Crippen LogP contribution in [0.2, 0.25) is 0 Å². The predicted molar refractivity (Wildman–Crippen MR) is 442 cm³/mol. The zero-order valence-corrected chi connectivity index (χ0v) is 72.1. The largest absolute Gasteiger partial charge is 0.472 e. The molecule has 3 unspecified atom stereocenters. The van der Waals surface area contributed by atoms with Gasteiger partial charge in [0, 0.05) is 25.7 Å². The quantitative estimate of drug-likeness (QED) is 0.0222. The third kappa shape index (κ3) is 80.5. The van der Waals surface area contributed by atoms with Crippen LogP contribution < -0.4 is 0 Å². The lowest BCUT2D eigenvalue weighted by Crippen LogP contribution is -2.30. The maximum Gasteiger partial charge on any atom is 0.472 e. The molecule has 0 saturated heterocycles. The molecule has 0 aliphatic carbocycles. The van der Waals surface area contributed by atoms with Gasteiger partial charge in [0.25, 0.3) is 0 Å². The molecule has 107 heavy (non-hydrogen) atoms. The van der Waals surface area contributed by atoms with Crippen molar-refractivity contribution in [2.24, 2.45) is 5.92 Å². The molecule has 0 rings (SSSR count). The lowest BCUT2D eigenvalue weighted by atomic mass is 10.00. The maximum atomic E-state index is 13.2. The Morgan fingerprint density at radius 3 is 0.664 bits per heavy atom. The molecule has 0 aromatic rings.